The Morgan fingerprint density at radius 2 is 1.52 bits per heavy atom. The van der Waals surface area contributed by atoms with Crippen LogP contribution in [0.4, 0.5) is 0 Å². The molecule has 0 radical (unpaired) electrons. The van der Waals surface area contributed by atoms with Gasteiger partial charge in [0.05, 0.1) is 11.3 Å². The van der Waals surface area contributed by atoms with Gasteiger partial charge in [-0.1, -0.05) is 44.2 Å². The summed E-state index contributed by atoms with van der Waals surface area (Å²) in [5, 5.41) is 2.89. The van der Waals surface area contributed by atoms with E-state index in [1.807, 2.05) is 45.9 Å². The molecule has 0 saturated heterocycles. The van der Waals surface area contributed by atoms with Crippen LogP contribution in [0.1, 0.15) is 36.1 Å². The maximum absolute atomic E-state index is 12.5. The molecule has 2 aromatic rings. The van der Waals surface area contributed by atoms with Crippen molar-refractivity contribution in [1.29, 1.82) is 0 Å². The van der Waals surface area contributed by atoms with Crippen LogP contribution >= 0.6 is 0 Å². The van der Waals surface area contributed by atoms with Gasteiger partial charge in [0, 0.05) is 19.6 Å². The van der Waals surface area contributed by atoms with Crippen LogP contribution in [0.3, 0.4) is 0 Å². The molecule has 0 bridgehead atoms. The fourth-order valence-electron chi connectivity index (χ4n) is 2.85. The van der Waals surface area contributed by atoms with Gasteiger partial charge in [0.15, 0.2) is 0 Å². The second kappa shape index (κ2) is 9.15. The van der Waals surface area contributed by atoms with Crippen LogP contribution in [-0.2, 0) is 27.8 Å². The van der Waals surface area contributed by atoms with Crippen molar-refractivity contribution < 1.29 is 13.2 Å². The van der Waals surface area contributed by atoms with Gasteiger partial charge in [-0.2, -0.15) is 4.31 Å². The number of carbonyl (C=O) groups excluding carboxylic acids is 1. The summed E-state index contributed by atoms with van der Waals surface area (Å²) in [4.78, 5) is 12.4. The van der Waals surface area contributed by atoms with E-state index in [1.54, 1.807) is 24.3 Å². The zero-order valence-electron chi connectivity index (χ0n) is 16.5. The van der Waals surface area contributed by atoms with E-state index in [2.05, 4.69) is 5.32 Å². The fraction of sp³-hybridized carbons (Fsp3) is 0.381. The van der Waals surface area contributed by atoms with E-state index in [9.17, 15) is 13.2 Å². The lowest BCUT2D eigenvalue weighted by atomic mass is 10.0. The normalized spacial score (nSPS) is 11.6. The first kappa shape index (κ1) is 21.1. The number of hydrogen-bond acceptors (Lipinski definition) is 3. The summed E-state index contributed by atoms with van der Waals surface area (Å²) in [5.41, 5.74) is 4.22. The maximum atomic E-state index is 12.5. The number of sulfonamides is 1. The molecule has 0 saturated carbocycles. The average Bonchev–Trinajstić information content (AvgIpc) is 2.64. The molecule has 0 fully saturated rings. The van der Waals surface area contributed by atoms with Crippen molar-refractivity contribution >= 4 is 15.9 Å². The smallest absolute Gasteiger partial charge is 0.243 e. The molecule has 0 unspecified atom stereocenters. The molecular formula is C21H28N2O3S. The number of benzene rings is 2. The summed E-state index contributed by atoms with van der Waals surface area (Å²) in [7, 11) is -3.45. The van der Waals surface area contributed by atoms with Gasteiger partial charge in [-0.3, -0.25) is 4.79 Å². The van der Waals surface area contributed by atoms with Crippen LogP contribution < -0.4 is 5.32 Å². The SMILES string of the molecule is CCN(CC)S(=O)(=O)c1ccc(CNC(=O)Cc2ccc(C)c(C)c2)cc1. The minimum absolute atomic E-state index is 0.0573. The third kappa shape index (κ3) is 5.40. The quantitative estimate of drug-likeness (QED) is 0.755. The average molecular weight is 389 g/mol. The third-order valence-corrected chi connectivity index (χ3v) is 6.76. The highest BCUT2D eigenvalue weighted by atomic mass is 32.2. The molecule has 2 rings (SSSR count). The zero-order chi connectivity index (χ0) is 20.0. The van der Waals surface area contributed by atoms with E-state index in [0.717, 1.165) is 11.1 Å². The van der Waals surface area contributed by atoms with E-state index >= 15 is 0 Å². The molecule has 27 heavy (non-hydrogen) atoms. The first-order valence-electron chi connectivity index (χ1n) is 9.19. The topological polar surface area (TPSA) is 66.5 Å². The van der Waals surface area contributed by atoms with Crippen LogP contribution in [0, 0.1) is 13.8 Å². The van der Waals surface area contributed by atoms with Crippen molar-refractivity contribution in [1.82, 2.24) is 9.62 Å². The number of carbonyl (C=O) groups is 1. The van der Waals surface area contributed by atoms with Crippen molar-refractivity contribution in [2.24, 2.45) is 0 Å². The molecule has 1 N–H and O–H groups in total. The monoisotopic (exact) mass is 388 g/mol. The van der Waals surface area contributed by atoms with Crippen molar-refractivity contribution in [3.05, 3.63) is 64.7 Å². The molecule has 0 heterocycles. The van der Waals surface area contributed by atoms with Gasteiger partial charge in [-0.25, -0.2) is 8.42 Å². The number of nitrogens with one attached hydrogen (secondary N) is 1. The van der Waals surface area contributed by atoms with Gasteiger partial charge in [0.25, 0.3) is 0 Å². The Balaban J connectivity index is 1.96. The summed E-state index contributed by atoms with van der Waals surface area (Å²) >= 11 is 0. The van der Waals surface area contributed by atoms with Gasteiger partial charge >= 0.3 is 0 Å². The van der Waals surface area contributed by atoms with Crippen LogP contribution in [0.2, 0.25) is 0 Å². The van der Waals surface area contributed by atoms with E-state index in [1.165, 1.54) is 15.4 Å². The minimum Gasteiger partial charge on any atom is -0.352 e. The molecule has 0 aliphatic heterocycles. The highest BCUT2D eigenvalue weighted by Gasteiger charge is 2.21. The van der Waals surface area contributed by atoms with Crippen molar-refractivity contribution in [3.8, 4) is 0 Å². The molecule has 0 atom stereocenters. The number of rotatable bonds is 8. The Morgan fingerprint density at radius 3 is 2.07 bits per heavy atom. The molecule has 0 aliphatic carbocycles. The highest BCUT2D eigenvalue weighted by Crippen LogP contribution is 2.16. The lowest BCUT2D eigenvalue weighted by Gasteiger charge is -2.18. The minimum atomic E-state index is -3.45. The maximum Gasteiger partial charge on any atom is 0.243 e. The van der Waals surface area contributed by atoms with Crippen LogP contribution in [-0.4, -0.2) is 31.7 Å². The Hall–Kier alpha value is -2.18. The highest BCUT2D eigenvalue weighted by molar-refractivity contribution is 7.89. The van der Waals surface area contributed by atoms with Gasteiger partial charge < -0.3 is 5.32 Å². The molecule has 6 heteroatoms. The van der Waals surface area contributed by atoms with E-state index < -0.39 is 10.0 Å². The van der Waals surface area contributed by atoms with E-state index in [0.29, 0.717) is 26.1 Å². The second-order valence-corrected chi connectivity index (χ2v) is 8.54. The van der Waals surface area contributed by atoms with Crippen LogP contribution in [0.25, 0.3) is 0 Å². The molecule has 0 spiro atoms. The Labute approximate surface area is 162 Å². The van der Waals surface area contributed by atoms with Crippen LogP contribution in [0.15, 0.2) is 47.4 Å². The summed E-state index contributed by atoms with van der Waals surface area (Å²) in [6.07, 6.45) is 0.329. The Morgan fingerprint density at radius 1 is 0.926 bits per heavy atom. The molecule has 146 valence electrons. The van der Waals surface area contributed by atoms with Gasteiger partial charge in [0.2, 0.25) is 15.9 Å². The lowest BCUT2D eigenvalue weighted by molar-refractivity contribution is -0.120. The largest absolute Gasteiger partial charge is 0.352 e. The summed E-state index contributed by atoms with van der Waals surface area (Å²) in [5.74, 6) is -0.0573. The third-order valence-electron chi connectivity index (χ3n) is 4.69. The molecule has 0 aromatic heterocycles. The van der Waals surface area contributed by atoms with Gasteiger partial charge in [-0.15, -0.1) is 0 Å². The molecule has 2 aromatic carbocycles. The predicted molar refractivity (Wildman–Crippen MR) is 108 cm³/mol. The van der Waals surface area contributed by atoms with Gasteiger partial charge in [-0.05, 0) is 48.2 Å². The van der Waals surface area contributed by atoms with Crippen LogP contribution in [0.5, 0.6) is 0 Å². The molecule has 1 amide bonds. The first-order chi connectivity index (χ1) is 12.8. The molecule has 0 aliphatic rings. The summed E-state index contributed by atoms with van der Waals surface area (Å²) in [6, 6.07) is 12.7. The van der Waals surface area contributed by atoms with Gasteiger partial charge in [0.1, 0.15) is 0 Å². The second-order valence-electron chi connectivity index (χ2n) is 6.61. The van der Waals surface area contributed by atoms with Crippen molar-refractivity contribution in [2.75, 3.05) is 13.1 Å². The van der Waals surface area contributed by atoms with E-state index in [-0.39, 0.29) is 10.8 Å². The standard InChI is InChI=1S/C21H28N2O3S/c1-5-23(6-2)27(25,26)20-11-9-18(10-12-20)15-22-21(24)14-19-8-7-16(3)17(4)13-19/h7-13H,5-6,14-15H2,1-4H3,(H,22,24). The van der Waals surface area contributed by atoms with Crippen molar-refractivity contribution in [3.63, 3.8) is 0 Å². The Bertz CT molecular complexity index is 886. The predicted octanol–water partition coefficient (Wildman–Crippen LogP) is 3.19. The molecule has 5 nitrogen and oxygen atoms in total. The number of hydrogen-bond donors (Lipinski definition) is 1. The number of amides is 1. The van der Waals surface area contributed by atoms with Crippen molar-refractivity contribution in [2.45, 2.75) is 45.6 Å². The lowest BCUT2D eigenvalue weighted by Crippen LogP contribution is -2.30. The molecular weight excluding hydrogens is 360 g/mol. The fourth-order valence-corrected chi connectivity index (χ4v) is 4.31. The number of nitrogens with zero attached hydrogens (tertiary/aromatic N) is 1. The Kier molecular flexibility index (Phi) is 7.16. The first-order valence-corrected chi connectivity index (χ1v) is 10.6. The zero-order valence-corrected chi connectivity index (χ0v) is 17.3. The number of aryl methyl sites for hydroxylation is 2. The summed E-state index contributed by atoms with van der Waals surface area (Å²) < 4.78 is 26.4. The van der Waals surface area contributed by atoms with E-state index in [4.69, 9.17) is 0 Å². The summed E-state index contributed by atoms with van der Waals surface area (Å²) in [6.45, 7) is 8.97.